The molecule has 3 aromatic rings. The van der Waals surface area contributed by atoms with Gasteiger partial charge in [-0.3, -0.25) is 0 Å². The fraction of sp³-hybridized carbons (Fsp3) is 0.133. The Hall–Kier alpha value is -2.65. The zero-order chi connectivity index (χ0) is 18.3. The Bertz CT molecular complexity index is 982. The smallest absolute Gasteiger partial charge is 0.395 e. The van der Waals surface area contributed by atoms with E-state index < -0.39 is 6.29 Å². The van der Waals surface area contributed by atoms with Gasteiger partial charge in [0.2, 0.25) is 5.95 Å². The molecule has 1 aliphatic rings. The number of fused-ring (bicyclic) bond motifs is 1. The minimum absolute atomic E-state index is 0.0354. The summed E-state index contributed by atoms with van der Waals surface area (Å²) in [6.07, 6.45) is -3.69. The van der Waals surface area contributed by atoms with Gasteiger partial charge in [0.05, 0.1) is 15.7 Å². The van der Waals surface area contributed by atoms with Gasteiger partial charge >= 0.3 is 6.29 Å². The van der Waals surface area contributed by atoms with Crippen molar-refractivity contribution >= 4 is 29.2 Å². The van der Waals surface area contributed by atoms with Crippen LogP contribution in [-0.2, 0) is 6.54 Å². The highest BCUT2D eigenvalue weighted by atomic mass is 35.5. The van der Waals surface area contributed by atoms with Crippen molar-refractivity contribution in [2.45, 2.75) is 12.8 Å². The van der Waals surface area contributed by atoms with Gasteiger partial charge in [-0.25, -0.2) is 0 Å². The highest BCUT2D eigenvalue weighted by molar-refractivity contribution is 6.43. The number of halogens is 4. The molecule has 7 nitrogen and oxygen atoms in total. The van der Waals surface area contributed by atoms with Crippen molar-refractivity contribution in [3.8, 4) is 17.2 Å². The minimum atomic E-state index is -3.69. The summed E-state index contributed by atoms with van der Waals surface area (Å²) in [5.41, 5.74) is 0.919. The molecule has 2 heterocycles. The Morgan fingerprint density at radius 2 is 1.92 bits per heavy atom. The average molecular weight is 400 g/mol. The van der Waals surface area contributed by atoms with Crippen LogP contribution in [-0.4, -0.2) is 26.5 Å². The van der Waals surface area contributed by atoms with E-state index in [1.165, 1.54) is 10.7 Å². The predicted octanol–water partition coefficient (Wildman–Crippen LogP) is 3.90. The highest BCUT2D eigenvalue weighted by Gasteiger charge is 2.44. The first-order chi connectivity index (χ1) is 12.4. The lowest BCUT2D eigenvalue weighted by Gasteiger charge is -2.10. The van der Waals surface area contributed by atoms with Gasteiger partial charge in [-0.1, -0.05) is 46.5 Å². The average Bonchev–Trinajstić information content (AvgIpc) is 3.18. The molecule has 134 valence electrons. The van der Waals surface area contributed by atoms with E-state index in [1.807, 2.05) is 0 Å². The summed E-state index contributed by atoms with van der Waals surface area (Å²) in [5.74, 6) is 0.175. The lowest BCUT2D eigenvalue weighted by molar-refractivity contribution is -0.286. The van der Waals surface area contributed by atoms with Crippen LogP contribution >= 0.6 is 23.2 Å². The number of alkyl halides is 2. The van der Waals surface area contributed by atoms with Crippen LogP contribution in [0.4, 0.5) is 14.7 Å². The molecule has 26 heavy (non-hydrogen) atoms. The van der Waals surface area contributed by atoms with Gasteiger partial charge in [0.1, 0.15) is 0 Å². The molecule has 0 bridgehead atoms. The Kier molecular flexibility index (Phi) is 4.04. The molecule has 0 fully saturated rings. The SMILES string of the molecule is FC1(F)Oc2cccc(CNc3nnnn3-c3cccc(Cl)c3Cl)c2O1. The molecule has 4 rings (SSSR count). The Balaban J connectivity index is 1.59. The number of tetrazole rings is 1. The molecule has 1 N–H and O–H groups in total. The summed E-state index contributed by atoms with van der Waals surface area (Å²) in [7, 11) is 0. The van der Waals surface area contributed by atoms with Crippen LogP contribution in [0.3, 0.4) is 0 Å². The van der Waals surface area contributed by atoms with E-state index in [0.29, 0.717) is 16.3 Å². The van der Waals surface area contributed by atoms with E-state index in [9.17, 15) is 8.78 Å². The first kappa shape index (κ1) is 16.8. The van der Waals surface area contributed by atoms with Crippen molar-refractivity contribution in [3.05, 3.63) is 52.0 Å². The lowest BCUT2D eigenvalue weighted by atomic mass is 10.2. The van der Waals surface area contributed by atoms with Crippen LogP contribution in [0.15, 0.2) is 36.4 Å². The number of nitrogens with one attached hydrogen (secondary N) is 1. The van der Waals surface area contributed by atoms with Crippen LogP contribution in [0.2, 0.25) is 10.0 Å². The van der Waals surface area contributed by atoms with Gasteiger partial charge in [-0.15, -0.1) is 8.78 Å². The van der Waals surface area contributed by atoms with Crippen molar-refractivity contribution in [2.24, 2.45) is 0 Å². The number of benzene rings is 2. The number of hydrogen-bond donors (Lipinski definition) is 1. The third-order valence-corrected chi connectivity index (χ3v) is 4.38. The first-order valence-electron chi connectivity index (χ1n) is 7.29. The second-order valence-corrected chi connectivity index (χ2v) is 6.04. The van der Waals surface area contributed by atoms with Gasteiger partial charge in [0.15, 0.2) is 11.5 Å². The summed E-state index contributed by atoms with van der Waals surface area (Å²) >= 11 is 12.2. The van der Waals surface area contributed by atoms with Crippen LogP contribution in [0, 0.1) is 0 Å². The summed E-state index contributed by atoms with van der Waals surface area (Å²) < 4.78 is 36.9. The number of nitrogens with zero attached hydrogens (tertiary/aromatic N) is 4. The highest BCUT2D eigenvalue weighted by Crippen LogP contribution is 2.43. The van der Waals surface area contributed by atoms with E-state index in [2.05, 4.69) is 30.3 Å². The molecule has 0 aliphatic carbocycles. The van der Waals surface area contributed by atoms with E-state index in [0.717, 1.165) is 0 Å². The van der Waals surface area contributed by atoms with E-state index in [4.69, 9.17) is 23.2 Å². The standard InChI is InChI=1S/C15H9Cl2F2N5O2/c16-9-4-2-5-10(12(9)17)24-14(21-22-23-24)20-7-8-3-1-6-11-13(8)26-15(18,19)25-11/h1-6H,7H2,(H,20,21,23). The van der Waals surface area contributed by atoms with E-state index >= 15 is 0 Å². The largest absolute Gasteiger partial charge is 0.586 e. The monoisotopic (exact) mass is 399 g/mol. The fourth-order valence-electron chi connectivity index (χ4n) is 2.45. The van der Waals surface area contributed by atoms with Crippen molar-refractivity contribution in [2.75, 3.05) is 5.32 Å². The Labute approximate surface area is 155 Å². The molecule has 1 aliphatic heterocycles. The van der Waals surface area contributed by atoms with Crippen molar-refractivity contribution in [1.29, 1.82) is 0 Å². The second kappa shape index (κ2) is 6.26. The normalized spacial score (nSPS) is 14.5. The summed E-state index contributed by atoms with van der Waals surface area (Å²) in [6.45, 7) is 0.112. The molecule has 11 heteroatoms. The maximum atomic E-state index is 13.3. The molecule has 0 atom stereocenters. The third kappa shape index (κ3) is 2.99. The zero-order valence-electron chi connectivity index (χ0n) is 12.8. The fourth-order valence-corrected chi connectivity index (χ4v) is 2.83. The number of rotatable bonds is 4. The Morgan fingerprint density at radius 3 is 2.77 bits per heavy atom. The van der Waals surface area contributed by atoms with Gasteiger partial charge in [0, 0.05) is 12.1 Å². The maximum Gasteiger partial charge on any atom is 0.586 e. The number of aromatic nitrogens is 4. The van der Waals surface area contributed by atoms with Crippen LogP contribution in [0.25, 0.3) is 5.69 Å². The molecule has 0 spiro atoms. The number of para-hydroxylation sites is 1. The molecule has 0 saturated carbocycles. The van der Waals surface area contributed by atoms with Crippen LogP contribution in [0.5, 0.6) is 11.5 Å². The summed E-state index contributed by atoms with van der Waals surface area (Å²) in [5, 5.41) is 14.9. The zero-order valence-corrected chi connectivity index (χ0v) is 14.3. The topological polar surface area (TPSA) is 74.1 Å². The van der Waals surface area contributed by atoms with Gasteiger partial charge in [-0.05, 0) is 28.6 Å². The molecular formula is C15H9Cl2F2N5O2. The lowest BCUT2D eigenvalue weighted by Crippen LogP contribution is -2.26. The van der Waals surface area contributed by atoms with Gasteiger partial charge in [-0.2, -0.15) is 4.68 Å². The van der Waals surface area contributed by atoms with Gasteiger partial charge < -0.3 is 14.8 Å². The van der Waals surface area contributed by atoms with Crippen molar-refractivity contribution in [1.82, 2.24) is 20.2 Å². The van der Waals surface area contributed by atoms with E-state index in [1.54, 1.807) is 30.3 Å². The van der Waals surface area contributed by atoms with Gasteiger partial charge in [0.25, 0.3) is 0 Å². The molecule has 1 aromatic heterocycles. The van der Waals surface area contributed by atoms with Crippen LogP contribution < -0.4 is 14.8 Å². The number of hydrogen-bond acceptors (Lipinski definition) is 6. The molecule has 0 saturated heterocycles. The quantitative estimate of drug-likeness (QED) is 0.716. The summed E-state index contributed by atoms with van der Waals surface area (Å²) in [6, 6.07) is 9.62. The van der Waals surface area contributed by atoms with E-state index in [-0.39, 0.29) is 29.0 Å². The van der Waals surface area contributed by atoms with Crippen molar-refractivity contribution < 1.29 is 18.3 Å². The number of ether oxygens (including phenoxy) is 2. The maximum absolute atomic E-state index is 13.3. The number of anilines is 1. The predicted molar refractivity (Wildman–Crippen MR) is 89.1 cm³/mol. The minimum Gasteiger partial charge on any atom is -0.395 e. The molecule has 0 amide bonds. The second-order valence-electron chi connectivity index (χ2n) is 5.25. The molecule has 0 unspecified atom stereocenters. The van der Waals surface area contributed by atoms with Crippen LogP contribution in [0.1, 0.15) is 5.56 Å². The first-order valence-corrected chi connectivity index (χ1v) is 8.04. The molecular weight excluding hydrogens is 391 g/mol. The van der Waals surface area contributed by atoms with Crippen molar-refractivity contribution in [3.63, 3.8) is 0 Å². The Morgan fingerprint density at radius 1 is 1.12 bits per heavy atom. The third-order valence-electron chi connectivity index (χ3n) is 3.58. The summed E-state index contributed by atoms with van der Waals surface area (Å²) in [4.78, 5) is 0. The molecule has 2 aromatic carbocycles. The molecule has 0 radical (unpaired) electrons.